The highest BCUT2D eigenvalue weighted by atomic mass is 16.6. The van der Waals surface area contributed by atoms with Gasteiger partial charge >= 0.3 is 6.03 Å². The van der Waals surface area contributed by atoms with E-state index >= 15 is 0 Å². The summed E-state index contributed by atoms with van der Waals surface area (Å²) in [6.07, 6.45) is 5.26. The SMILES string of the molecule is CC(C)[C@H](NC(=O)CCCCCN1C(=O)C=CC1=O)C(=O)N[C@@H](CCCNC(N)=O)C(=O)Nc1ccc(Cc2ccc([N+](=O)[O-])cc2)cc1. The van der Waals surface area contributed by atoms with Crippen molar-refractivity contribution in [1.29, 1.82) is 0 Å². The highest BCUT2D eigenvalue weighted by Gasteiger charge is 2.29. The number of benzene rings is 2. The van der Waals surface area contributed by atoms with E-state index in [2.05, 4.69) is 21.3 Å². The quantitative estimate of drug-likeness (QED) is 0.0642. The van der Waals surface area contributed by atoms with Crippen molar-refractivity contribution in [2.75, 3.05) is 18.4 Å². The summed E-state index contributed by atoms with van der Waals surface area (Å²) in [6.45, 7) is 4.00. The number of nitro groups is 1. The molecule has 1 aliphatic rings. The fourth-order valence-corrected chi connectivity index (χ4v) is 5.12. The average Bonchev–Trinajstić information content (AvgIpc) is 3.38. The lowest BCUT2D eigenvalue weighted by Crippen LogP contribution is -2.54. The number of non-ortho nitro benzene ring substituents is 1. The Kier molecular flexibility index (Phi) is 14.4. The van der Waals surface area contributed by atoms with Crippen LogP contribution in [0.25, 0.3) is 0 Å². The van der Waals surface area contributed by atoms with E-state index in [1.54, 1.807) is 38.1 Å². The highest BCUT2D eigenvalue weighted by molar-refractivity contribution is 6.12. The van der Waals surface area contributed by atoms with E-state index in [4.69, 9.17) is 5.73 Å². The number of anilines is 1. The third-order valence-electron chi connectivity index (χ3n) is 7.83. The summed E-state index contributed by atoms with van der Waals surface area (Å²) in [4.78, 5) is 85.5. The van der Waals surface area contributed by atoms with E-state index in [0.29, 0.717) is 37.8 Å². The van der Waals surface area contributed by atoms with Gasteiger partial charge in [-0.15, -0.1) is 0 Å². The second kappa shape index (κ2) is 18.7. The van der Waals surface area contributed by atoms with Crippen LogP contribution in [0.2, 0.25) is 0 Å². The van der Waals surface area contributed by atoms with E-state index in [1.165, 1.54) is 24.3 Å². The van der Waals surface area contributed by atoms with Gasteiger partial charge in [-0.05, 0) is 61.3 Å². The van der Waals surface area contributed by atoms with Gasteiger partial charge in [-0.25, -0.2) is 4.79 Å². The van der Waals surface area contributed by atoms with Crippen LogP contribution in [0, 0.1) is 16.0 Å². The molecule has 0 bridgehead atoms. The molecule has 15 nitrogen and oxygen atoms in total. The fourth-order valence-electron chi connectivity index (χ4n) is 5.12. The number of urea groups is 1. The molecule has 0 saturated heterocycles. The lowest BCUT2D eigenvalue weighted by molar-refractivity contribution is -0.384. The maximum Gasteiger partial charge on any atom is 0.312 e. The molecule has 0 fully saturated rings. The standard InChI is InChI=1S/C34H43N7O8/c1-22(2)31(39-28(42)8-4-3-5-20-40-29(43)17-18-30(40)44)33(46)38-27(7-6-19-36-34(35)47)32(45)37-25-13-9-23(10-14-25)21-24-11-15-26(16-12-24)41(48)49/h9-18,22,27,31H,3-8,19-21H2,1-2H3,(H,37,45)(H,38,46)(H,39,42)(H3,35,36,47)/t27-,31-/m0/s1. The zero-order chi connectivity index (χ0) is 35.9. The van der Waals surface area contributed by atoms with Crippen LogP contribution in [0.1, 0.15) is 63.5 Å². The molecule has 3 rings (SSSR count). The fraction of sp³-hybridized carbons (Fsp3) is 0.412. The summed E-state index contributed by atoms with van der Waals surface area (Å²) in [7, 11) is 0. The topological polar surface area (TPSA) is 223 Å². The molecular weight excluding hydrogens is 634 g/mol. The molecule has 1 heterocycles. The molecule has 0 saturated carbocycles. The van der Waals surface area contributed by atoms with Crippen LogP contribution in [-0.2, 0) is 30.4 Å². The van der Waals surface area contributed by atoms with Crippen molar-refractivity contribution in [3.05, 3.63) is 81.9 Å². The number of nitro benzene ring substituents is 1. The first kappa shape index (κ1) is 37.9. The summed E-state index contributed by atoms with van der Waals surface area (Å²) in [6, 6.07) is 10.7. The van der Waals surface area contributed by atoms with Crippen LogP contribution in [-0.4, -0.2) is 70.6 Å². The van der Waals surface area contributed by atoms with E-state index in [-0.39, 0.29) is 55.3 Å². The van der Waals surface area contributed by atoms with Crippen LogP contribution in [0.3, 0.4) is 0 Å². The first-order chi connectivity index (χ1) is 23.3. The second-order valence-electron chi connectivity index (χ2n) is 12.0. The van der Waals surface area contributed by atoms with Gasteiger partial charge in [-0.2, -0.15) is 0 Å². The number of nitrogens with one attached hydrogen (secondary N) is 4. The van der Waals surface area contributed by atoms with Crippen LogP contribution in [0.15, 0.2) is 60.7 Å². The number of carbonyl (C=O) groups excluding carboxylic acids is 6. The lowest BCUT2D eigenvalue weighted by Gasteiger charge is -2.25. The normalized spacial score (nSPS) is 13.6. The van der Waals surface area contributed by atoms with Gasteiger partial charge in [0.2, 0.25) is 17.7 Å². The number of primary amides is 1. The first-order valence-corrected chi connectivity index (χ1v) is 16.1. The molecule has 2 aromatic rings. The smallest absolute Gasteiger partial charge is 0.312 e. The Labute approximate surface area is 284 Å². The zero-order valence-corrected chi connectivity index (χ0v) is 27.6. The van der Waals surface area contributed by atoms with Crippen LogP contribution in [0.5, 0.6) is 0 Å². The van der Waals surface area contributed by atoms with Gasteiger partial charge in [0.25, 0.3) is 17.5 Å². The second-order valence-corrected chi connectivity index (χ2v) is 12.0. The van der Waals surface area contributed by atoms with E-state index < -0.39 is 34.9 Å². The molecule has 0 spiro atoms. The van der Waals surface area contributed by atoms with Crippen molar-refractivity contribution in [2.24, 2.45) is 11.7 Å². The molecule has 15 heteroatoms. The molecule has 7 amide bonds. The monoisotopic (exact) mass is 677 g/mol. The number of rotatable bonds is 19. The molecule has 2 atom stereocenters. The Bertz CT molecular complexity index is 1520. The number of unbranched alkanes of at least 4 members (excludes halogenated alkanes) is 2. The van der Waals surface area contributed by atoms with Crippen molar-refractivity contribution in [3.8, 4) is 0 Å². The van der Waals surface area contributed by atoms with Crippen LogP contribution in [0.4, 0.5) is 16.2 Å². The van der Waals surface area contributed by atoms with Gasteiger partial charge in [0.05, 0.1) is 4.92 Å². The Morgan fingerprint density at radius 3 is 2.02 bits per heavy atom. The van der Waals surface area contributed by atoms with E-state index in [0.717, 1.165) is 16.0 Å². The molecule has 0 radical (unpaired) electrons. The Balaban J connectivity index is 1.55. The molecular formula is C34H43N7O8. The molecule has 2 aromatic carbocycles. The minimum absolute atomic E-state index is 0.00813. The van der Waals surface area contributed by atoms with Crippen LogP contribution < -0.4 is 27.0 Å². The third kappa shape index (κ3) is 12.5. The van der Waals surface area contributed by atoms with Gasteiger partial charge in [0.1, 0.15) is 12.1 Å². The van der Waals surface area contributed by atoms with Gasteiger partial charge in [-0.1, -0.05) is 44.5 Å². The van der Waals surface area contributed by atoms with Crippen molar-refractivity contribution >= 4 is 46.9 Å². The molecule has 1 aliphatic heterocycles. The number of hydrogen-bond donors (Lipinski definition) is 5. The predicted octanol–water partition coefficient (Wildman–Crippen LogP) is 2.68. The predicted molar refractivity (Wildman–Crippen MR) is 181 cm³/mol. The van der Waals surface area contributed by atoms with Crippen molar-refractivity contribution in [2.45, 2.75) is 70.9 Å². The number of nitrogens with zero attached hydrogens (tertiary/aromatic N) is 2. The minimum Gasteiger partial charge on any atom is -0.352 e. The molecule has 0 aromatic heterocycles. The van der Waals surface area contributed by atoms with Crippen molar-refractivity contribution in [1.82, 2.24) is 20.9 Å². The number of hydrogen-bond acceptors (Lipinski definition) is 8. The van der Waals surface area contributed by atoms with Gasteiger partial charge in [-0.3, -0.25) is 39.0 Å². The number of nitrogens with two attached hydrogens (primary N) is 1. The lowest BCUT2D eigenvalue weighted by atomic mass is 10.0. The van der Waals surface area contributed by atoms with Crippen molar-refractivity contribution < 1.29 is 33.7 Å². The first-order valence-electron chi connectivity index (χ1n) is 16.1. The zero-order valence-electron chi connectivity index (χ0n) is 27.6. The summed E-state index contributed by atoms with van der Waals surface area (Å²) >= 11 is 0. The number of imide groups is 1. The van der Waals surface area contributed by atoms with Crippen LogP contribution >= 0.6 is 0 Å². The summed E-state index contributed by atoms with van der Waals surface area (Å²) in [5.74, 6) is -2.37. The Hall–Kier alpha value is -5.60. The molecule has 0 aliphatic carbocycles. The molecule has 0 unspecified atom stereocenters. The Morgan fingerprint density at radius 1 is 0.837 bits per heavy atom. The molecule has 262 valence electrons. The summed E-state index contributed by atoms with van der Waals surface area (Å²) in [5.41, 5.74) is 7.43. The maximum atomic E-state index is 13.4. The minimum atomic E-state index is -0.995. The summed E-state index contributed by atoms with van der Waals surface area (Å²) < 4.78 is 0. The van der Waals surface area contributed by atoms with Gasteiger partial charge in [0, 0.05) is 49.5 Å². The maximum absolute atomic E-state index is 13.4. The molecule has 6 N–H and O–H groups in total. The van der Waals surface area contributed by atoms with Crippen molar-refractivity contribution in [3.63, 3.8) is 0 Å². The largest absolute Gasteiger partial charge is 0.352 e. The van der Waals surface area contributed by atoms with E-state index in [1.807, 2.05) is 12.1 Å². The molecule has 49 heavy (non-hydrogen) atoms. The highest BCUT2D eigenvalue weighted by Crippen LogP contribution is 2.18. The summed E-state index contributed by atoms with van der Waals surface area (Å²) in [5, 5.41) is 21.7. The van der Waals surface area contributed by atoms with E-state index in [9.17, 15) is 38.9 Å². The van der Waals surface area contributed by atoms with Gasteiger partial charge in [0.15, 0.2) is 0 Å². The number of carbonyl (C=O) groups is 6. The Morgan fingerprint density at radius 2 is 1.45 bits per heavy atom. The number of amides is 7. The van der Waals surface area contributed by atoms with Gasteiger partial charge < -0.3 is 27.0 Å². The third-order valence-corrected chi connectivity index (χ3v) is 7.83. The average molecular weight is 678 g/mol.